The van der Waals surface area contributed by atoms with Crippen molar-refractivity contribution in [1.82, 2.24) is 20.4 Å². The van der Waals surface area contributed by atoms with Crippen molar-refractivity contribution in [2.75, 3.05) is 72.6 Å². The number of guanidine groups is 1. The zero-order valence-electron chi connectivity index (χ0n) is 13.6. The molecule has 122 valence electrons. The summed E-state index contributed by atoms with van der Waals surface area (Å²) in [7, 11) is 1.84. The van der Waals surface area contributed by atoms with Crippen LogP contribution in [-0.2, 0) is 4.74 Å². The number of likely N-dealkylation sites (tertiary alicyclic amines) is 1. The van der Waals surface area contributed by atoms with Gasteiger partial charge in [0.1, 0.15) is 0 Å². The SMILES string of the molecule is CCN1CCC(CNC(=NC)NCCN2CCOCC2)C1. The third-order valence-electron chi connectivity index (χ3n) is 4.42. The number of rotatable bonds is 6. The Kier molecular flexibility index (Phi) is 7.26. The van der Waals surface area contributed by atoms with Crippen LogP contribution < -0.4 is 10.6 Å². The number of aliphatic imine (C=N–C) groups is 1. The maximum Gasteiger partial charge on any atom is 0.191 e. The average Bonchev–Trinajstić information content (AvgIpc) is 3.00. The molecule has 2 rings (SSSR count). The molecule has 2 saturated heterocycles. The lowest BCUT2D eigenvalue weighted by Crippen LogP contribution is -2.45. The van der Waals surface area contributed by atoms with Gasteiger partial charge in [-0.3, -0.25) is 9.89 Å². The van der Waals surface area contributed by atoms with Gasteiger partial charge >= 0.3 is 0 Å². The van der Waals surface area contributed by atoms with E-state index in [1.807, 2.05) is 7.05 Å². The number of hydrogen-bond acceptors (Lipinski definition) is 4. The molecule has 2 heterocycles. The quantitative estimate of drug-likeness (QED) is 0.526. The van der Waals surface area contributed by atoms with Crippen LogP contribution in [0.1, 0.15) is 13.3 Å². The highest BCUT2D eigenvalue weighted by Gasteiger charge is 2.21. The van der Waals surface area contributed by atoms with Gasteiger partial charge in [0, 0.05) is 46.3 Å². The Morgan fingerprint density at radius 1 is 1.19 bits per heavy atom. The van der Waals surface area contributed by atoms with Crippen LogP contribution in [0.15, 0.2) is 4.99 Å². The van der Waals surface area contributed by atoms with E-state index in [9.17, 15) is 0 Å². The van der Waals surface area contributed by atoms with Gasteiger partial charge in [0.15, 0.2) is 5.96 Å². The van der Waals surface area contributed by atoms with Crippen molar-refractivity contribution in [3.05, 3.63) is 0 Å². The summed E-state index contributed by atoms with van der Waals surface area (Å²) in [6.45, 7) is 12.7. The summed E-state index contributed by atoms with van der Waals surface area (Å²) in [5.74, 6) is 1.68. The fourth-order valence-corrected chi connectivity index (χ4v) is 2.99. The number of ether oxygens (including phenoxy) is 1. The summed E-state index contributed by atoms with van der Waals surface area (Å²) in [5.41, 5.74) is 0. The fraction of sp³-hybridized carbons (Fsp3) is 0.933. The molecule has 2 N–H and O–H groups in total. The summed E-state index contributed by atoms with van der Waals surface area (Å²) in [6.07, 6.45) is 1.30. The first kappa shape index (κ1) is 16.5. The van der Waals surface area contributed by atoms with E-state index in [0.717, 1.165) is 57.8 Å². The van der Waals surface area contributed by atoms with Crippen molar-refractivity contribution in [3.8, 4) is 0 Å². The van der Waals surface area contributed by atoms with Crippen molar-refractivity contribution >= 4 is 5.96 Å². The minimum atomic E-state index is 0.753. The average molecular weight is 297 g/mol. The lowest BCUT2D eigenvalue weighted by molar-refractivity contribution is 0.0389. The first-order valence-electron chi connectivity index (χ1n) is 8.28. The van der Waals surface area contributed by atoms with Crippen LogP contribution in [0.3, 0.4) is 0 Å². The van der Waals surface area contributed by atoms with E-state index in [-0.39, 0.29) is 0 Å². The molecular formula is C15H31N5O. The molecule has 0 bridgehead atoms. The molecule has 1 unspecified atom stereocenters. The second-order valence-corrected chi connectivity index (χ2v) is 5.88. The molecule has 0 aromatic rings. The van der Waals surface area contributed by atoms with E-state index in [4.69, 9.17) is 4.74 Å². The maximum atomic E-state index is 5.36. The van der Waals surface area contributed by atoms with E-state index in [0.29, 0.717) is 0 Å². The van der Waals surface area contributed by atoms with Gasteiger partial charge in [-0.25, -0.2) is 0 Å². The zero-order chi connectivity index (χ0) is 14.9. The van der Waals surface area contributed by atoms with Crippen LogP contribution in [0.25, 0.3) is 0 Å². The molecule has 0 aliphatic carbocycles. The molecule has 21 heavy (non-hydrogen) atoms. The van der Waals surface area contributed by atoms with Gasteiger partial charge in [-0.1, -0.05) is 6.92 Å². The molecule has 0 spiro atoms. The Morgan fingerprint density at radius 3 is 2.67 bits per heavy atom. The lowest BCUT2D eigenvalue weighted by atomic mass is 10.1. The minimum Gasteiger partial charge on any atom is -0.379 e. The van der Waals surface area contributed by atoms with Gasteiger partial charge in [0.25, 0.3) is 0 Å². The van der Waals surface area contributed by atoms with Crippen molar-refractivity contribution in [2.45, 2.75) is 13.3 Å². The summed E-state index contributed by atoms with van der Waals surface area (Å²) in [6, 6.07) is 0. The molecule has 0 aromatic heterocycles. The van der Waals surface area contributed by atoms with Gasteiger partial charge < -0.3 is 20.3 Å². The highest BCUT2D eigenvalue weighted by Crippen LogP contribution is 2.14. The Labute approximate surface area is 128 Å². The second kappa shape index (κ2) is 9.23. The van der Waals surface area contributed by atoms with Gasteiger partial charge in [-0.15, -0.1) is 0 Å². The van der Waals surface area contributed by atoms with Crippen LogP contribution >= 0.6 is 0 Å². The smallest absolute Gasteiger partial charge is 0.191 e. The second-order valence-electron chi connectivity index (χ2n) is 5.88. The number of nitrogens with one attached hydrogen (secondary N) is 2. The topological polar surface area (TPSA) is 52.1 Å². The normalized spacial score (nSPS) is 25.2. The maximum absolute atomic E-state index is 5.36. The van der Waals surface area contributed by atoms with E-state index in [1.54, 1.807) is 0 Å². The van der Waals surface area contributed by atoms with E-state index < -0.39 is 0 Å². The van der Waals surface area contributed by atoms with Gasteiger partial charge in [-0.05, 0) is 25.4 Å². The molecule has 0 saturated carbocycles. The van der Waals surface area contributed by atoms with Gasteiger partial charge in [-0.2, -0.15) is 0 Å². The standard InChI is InChI=1S/C15H31N5O/c1-3-19-6-4-14(13-19)12-18-15(16-2)17-5-7-20-8-10-21-11-9-20/h14H,3-13H2,1-2H3,(H2,16,17,18). The van der Waals surface area contributed by atoms with Crippen LogP contribution in [0.4, 0.5) is 0 Å². The highest BCUT2D eigenvalue weighted by molar-refractivity contribution is 5.79. The largest absolute Gasteiger partial charge is 0.379 e. The van der Waals surface area contributed by atoms with Crippen LogP contribution in [0.5, 0.6) is 0 Å². The predicted octanol–water partition coefficient (Wildman–Crippen LogP) is -0.175. The molecular weight excluding hydrogens is 266 g/mol. The minimum absolute atomic E-state index is 0.753. The van der Waals surface area contributed by atoms with Crippen LogP contribution in [-0.4, -0.2) is 88.4 Å². The van der Waals surface area contributed by atoms with Crippen molar-refractivity contribution < 1.29 is 4.74 Å². The van der Waals surface area contributed by atoms with Crippen molar-refractivity contribution in [3.63, 3.8) is 0 Å². The number of morpholine rings is 1. The molecule has 1 atom stereocenters. The zero-order valence-corrected chi connectivity index (χ0v) is 13.6. The molecule has 0 amide bonds. The molecule has 6 heteroatoms. The Bertz CT molecular complexity index is 317. The summed E-state index contributed by atoms with van der Waals surface area (Å²) < 4.78 is 5.36. The molecule has 2 aliphatic heterocycles. The third-order valence-corrected chi connectivity index (χ3v) is 4.42. The molecule has 6 nitrogen and oxygen atoms in total. The summed E-state index contributed by atoms with van der Waals surface area (Å²) in [5, 5.41) is 6.87. The molecule has 0 aromatic carbocycles. The van der Waals surface area contributed by atoms with Gasteiger partial charge in [0.05, 0.1) is 13.2 Å². The van der Waals surface area contributed by atoms with Crippen LogP contribution in [0.2, 0.25) is 0 Å². The summed E-state index contributed by atoms with van der Waals surface area (Å²) in [4.78, 5) is 9.25. The Hall–Kier alpha value is -0.850. The van der Waals surface area contributed by atoms with Crippen molar-refractivity contribution in [1.29, 1.82) is 0 Å². The third kappa shape index (κ3) is 5.80. The number of hydrogen-bond donors (Lipinski definition) is 2. The number of nitrogens with zero attached hydrogens (tertiary/aromatic N) is 3. The predicted molar refractivity (Wildman–Crippen MR) is 86.8 cm³/mol. The molecule has 2 aliphatic rings. The Balaban J connectivity index is 1.57. The lowest BCUT2D eigenvalue weighted by Gasteiger charge is -2.26. The summed E-state index contributed by atoms with van der Waals surface area (Å²) >= 11 is 0. The monoisotopic (exact) mass is 297 g/mol. The molecule has 2 fully saturated rings. The van der Waals surface area contributed by atoms with E-state index >= 15 is 0 Å². The van der Waals surface area contributed by atoms with E-state index in [1.165, 1.54) is 26.1 Å². The van der Waals surface area contributed by atoms with Crippen LogP contribution in [0, 0.1) is 5.92 Å². The molecule has 0 radical (unpaired) electrons. The highest BCUT2D eigenvalue weighted by atomic mass is 16.5. The Morgan fingerprint density at radius 2 is 2.00 bits per heavy atom. The van der Waals surface area contributed by atoms with Gasteiger partial charge in [0.2, 0.25) is 0 Å². The first-order valence-corrected chi connectivity index (χ1v) is 8.28. The first-order chi connectivity index (χ1) is 10.3. The van der Waals surface area contributed by atoms with E-state index in [2.05, 4.69) is 32.3 Å². The fourth-order valence-electron chi connectivity index (χ4n) is 2.99. The van der Waals surface area contributed by atoms with Crippen molar-refractivity contribution in [2.24, 2.45) is 10.9 Å².